The van der Waals surface area contributed by atoms with Crippen molar-refractivity contribution in [2.75, 3.05) is 4.90 Å². The Hall–Kier alpha value is -2.54. The molecule has 0 aliphatic heterocycles. The molecule has 1 nitrogen and oxygen atoms in total. The highest BCUT2D eigenvalue weighted by molar-refractivity contribution is 5.66. The van der Waals surface area contributed by atoms with E-state index in [9.17, 15) is 0 Å². The number of aryl methyl sites for hydroxylation is 1. The third-order valence-corrected chi connectivity index (χ3v) is 3.56. The Morgan fingerprint density at radius 2 is 1.38 bits per heavy atom. The summed E-state index contributed by atoms with van der Waals surface area (Å²) in [6.07, 6.45) is 12.8. The molecule has 0 atom stereocenters. The van der Waals surface area contributed by atoms with E-state index < -0.39 is 0 Å². The summed E-state index contributed by atoms with van der Waals surface area (Å²) in [6, 6.07) is 19.4. The molecule has 1 aliphatic carbocycles. The molecule has 0 bridgehead atoms. The molecule has 2 aromatic rings. The lowest BCUT2D eigenvalue weighted by atomic mass is 10.1. The largest absolute Gasteiger partial charge is 0.331 e. The van der Waals surface area contributed by atoms with Gasteiger partial charge in [-0.15, -0.1) is 0 Å². The van der Waals surface area contributed by atoms with Crippen molar-refractivity contribution >= 4 is 11.4 Å². The van der Waals surface area contributed by atoms with Crippen LogP contribution < -0.4 is 4.90 Å². The average molecular weight is 273 g/mol. The Morgan fingerprint density at radius 1 is 0.714 bits per heavy atom. The smallest absolute Gasteiger partial charge is 0.0712 e. The predicted molar refractivity (Wildman–Crippen MR) is 91.0 cm³/mol. The zero-order valence-electron chi connectivity index (χ0n) is 12.2. The van der Waals surface area contributed by atoms with Crippen LogP contribution in [0.3, 0.4) is 0 Å². The van der Waals surface area contributed by atoms with Crippen molar-refractivity contribution in [3.63, 3.8) is 0 Å². The second-order valence-electron chi connectivity index (χ2n) is 5.19. The molecule has 0 heterocycles. The summed E-state index contributed by atoms with van der Waals surface area (Å²) < 4.78 is 0. The first-order chi connectivity index (χ1) is 10.3. The highest BCUT2D eigenvalue weighted by Crippen LogP contribution is 2.29. The van der Waals surface area contributed by atoms with Crippen molar-refractivity contribution in [1.29, 1.82) is 0 Å². The van der Waals surface area contributed by atoms with Crippen LogP contribution in [-0.2, 0) is 0 Å². The Kier molecular flexibility index (Phi) is 4.02. The number of nitrogens with zero attached hydrogens (tertiary/aromatic N) is 1. The van der Waals surface area contributed by atoms with Gasteiger partial charge in [0, 0.05) is 11.4 Å². The van der Waals surface area contributed by atoms with Crippen molar-refractivity contribution in [1.82, 2.24) is 0 Å². The molecule has 1 heteroatoms. The summed E-state index contributed by atoms with van der Waals surface area (Å²) in [4.78, 5) is 2.35. The van der Waals surface area contributed by atoms with Crippen LogP contribution in [0.1, 0.15) is 5.56 Å². The fourth-order valence-electron chi connectivity index (χ4n) is 2.58. The lowest BCUT2D eigenvalue weighted by Crippen LogP contribution is -2.27. The maximum atomic E-state index is 2.35. The lowest BCUT2D eigenvalue weighted by molar-refractivity contribution is 0.943. The number of allylic oxidation sites excluding steroid dienone is 4. The molecule has 0 spiro atoms. The molecule has 0 amide bonds. The van der Waals surface area contributed by atoms with Gasteiger partial charge in [-0.1, -0.05) is 66.8 Å². The fraction of sp³-hybridized carbons (Fsp3) is 0.100. The number of hydrogen-bond acceptors (Lipinski definition) is 1. The standard InChI is InChI=1S/C20H19N/c1-17-10-9-15-20(16-17)21(19-13-7-4-8-14-19)18-11-5-2-3-6-12-18/h2-16,18H,1H3. The highest BCUT2D eigenvalue weighted by atomic mass is 15.2. The van der Waals surface area contributed by atoms with Gasteiger partial charge in [0.1, 0.15) is 0 Å². The minimum Gasteiger partial charge on any atom is -0.331 e. The molecule has 3 rings (SSSR count). The van der Waals surface area contributed by atoms with E-state index in [-0.39, 0.29) is 6.04 Å². The second-order valence-corrected chi connectivity index (χ2v) is 5.19. The molecular formula is C20H19N. The summed E-state index contributed by atoms with van der Waals surface area (Å²) in [5.74, 6) is 0. The molecular weight excluding hydrogens is 254 g/mol. The van der Waals surface area contributed by atoms with E-state index in [0.717, 1.165) is 0 Å². The summed E-state index contributed by atoms with van der Waals surface area (Å²) in [6.45, 7) is 2.13. The Morgan fingerprint density at radius 3 is 2.05 bits per heavy atom. The molecule has 0 unspecified atom stereocenters. The quantitative estimate of drug-likeness (QED) is 0.744. The lowest BCUT2D eigenvalue weighted by Gasteiger charge is -2.30. The second kappa shape index (κ2) is 6.27. The molecule has 0 saturated heterocycles. The van der Waals surface area contributed by atoms with Crippen LogP contribution in [0.4, 0.5) is 11.4 Å². The molecule has 1 aliphatic rings. The minimum absolute atomic E-state index is 0.212. The van der Waals surface area contributed by atoms with Crippen molar-refractivity contribution in [3.8, 4) is 0 Å². The van der Waals surface area contributed by atoms with Crippen LogP contribution in [0.25, 0.3) is 0 Å². The van der Waals surface area contributed by atoms with Gasteiger partial charge in [0.15, 0.2) is 0 Å². The molecule has 2 aromatic carbocycles. The van der Waals surface area contributed by atoms with Gasteiger partial charge in [-0.05, 0) is 36.8 Å². The van der Waals surface area contributed by atoms with Crippen LogP contribution >= 0.6 is 0 Å². The maximum Gasteiger partial charge on any atom is 0.0712 e. The van der Waals surface area contributed by atoms with Crippen LogP contribution in [0.5, 0.6) is 0 Å². The zero-order valence-corrected chi connectivity index (χ0v) is 12.2. The van der Waals surface area contributed by atoms with Gasteiger partial charge >= 0.3 is 0 Å². The number of hydrogen-bond donors (Lipinski definition) is 0. The van der Waals surface area contributed by atoms with Crippen molar-refractivity contribution in [2.24, 2.45) is 0 Å². The SMILES string of the molecule is Cc1cccc(N(c2ccccc2)C2C=CC=CC=C2)c1. The number of benzene rings is 2. The molecule has 0 saturated carbocycles. The Balaban J connectivity index is 2.07. The molecule has 21 heavy (non-hydrogen) atoms. The topological polar surface area (TPSA) is 3.24 Å². The van der Waals surface area contributed by atoms with E-state index in [2.05, 4.69) is 103 Å². The Bertz CT molecular complexity index is 664. The first-order valence-corrected chi connectivity index (χ1v) is 7.27. The summed E-state index contributed by atoms with van der Waals surface area (Å²) in [5.41, 5.74) is 3.68. The van der Waals surface area contributed by atoms with Crippen molar-refractivity contribution in [2.45, 2.75) is 13.0 Å². The number of anilines is 2. The Labute approximate surface area is 126 Å². The van der Waals surface area contributed by atoms with Crippen LogP contribution in [-0.4, -0.2) is 6.04 Å². The van der Waals surface area contributed by atoms with E-state index in [1.165, 1.54) is 16.9 Å². The van der Waals surface area contributed by atoms with E-state index in [1.54, 1.807) is 0 Å². The average Bonchev–Trinajstić information content (AvgIpc) is 2.78. The third-order valence-electron chi connectivity index (χ3n) is 3.56. The van der Waals surface area contributed by atoms with E-state index in [0.29, 0.717) is 0 Å². The summed E-state index contributed by atoms with van der Waals surface area (Å²) >= 11 is 0. The van der Waals surface area contributed by atoms with Crippen LogP contribution in [0.15, 0.2) is 91.1 Å². The molecule has 104 valence electrons. The first kappa shape index (κ1) is 13.4. The molecule has 0 aromatic heterocycles. The molecule has 0 N–H and O–H groups in total. The summed E-state index contributed by atoms with van der Waals surface area (Å²) in [5, 5.41) is 0. The number of para-hydroxylation sites is 1. The molecule has 0 fully saturated rings. The van der Waals surface area contributed by atoms with Gasteiger partial charge in [0.2, 0.25) is 0 Å². The molecule has 0 radical (unpaired) electrons. The fourth-order valence-corrected chi connectivity index (χ4v) is 2.58. The summed E-state index contributed by atoms with van der Waals surface area (Å²) in [7, 11) is 0. The van der Waals surface area contributed by atoms with Gasteiger partial charge in [-0.25, -0.2) is 0 Å². The maximum absolute atomic E-state index is 2.35. The van der Waals surface area contributed by atoms with Crippen molar-refractivity contribution in [3.05, 3.63) is 96.6 Å². The van der Waals surface area contributed by atoms with Crippen molar-refractivity contribution < 1.29 is 0 Å². The van der Waals surface area contributed by atoms with E-state index in [1.807, 2.05) is 0 Å². The monoisotopic (exact) mass is 273 g/mol. The van der Waals surface area contributed by atoms with Gasteiger partial charge in [-0.2, -0.15) is 0 Å². The third kappa shape index (κ3) is 3.14. The minimum atomic E-state index is 0.212. The van der Waals surface area contributed by atoms with Gasteiger partial charge < -0.3 is 4.90 Å². The zero-order chi connectivity index (χ0) is 14.5. The first-order valence-electron chi connectivity index (χ1n) is 7.27. The van der Waals surface area contributed by atoms with Gasteiger partial charge in [0.25, 0.3) is 0 Å². The highest BCUT2D eigenvalue weighted by Gasteiger charge is 2.16. The van der Waals surface area contributed by atoms with E-state index >= 15 is 0 Å². The normalized spacial score (nSPS) is 14.1. The number of rotatable bonds is 3. The van der Waals surface area contributed by atoms with Gasteiger partial charge in [-0.3, -0.25) is 0 Å². The van der Waals surface area contributed by atoms with Gasteiger partial charge in [0.05, 0.1) is 6.04 Å². The van der Waals surface area contributed by atoms with Crippen LogP contribution in [0, 0.1) is 6.92 Å². The van der Waals surface area contributed by atoms with E-state index in [4.69, 9.17) is 0 Å². The van der Waals surface area contributed by atoms with Crippen LogP contribution in [0.2, 0.25) is 0 Å². The predicted octanol–water partition coefficient (Wildman–Crippen LogP) is 5.18.